The van der Waals surface area contributed by atoms with Crippen LogP contribution in [0.1, 0.15) is 31.1 Å². The van der Waals surface area contributed by atoms with Crippen molar-refractivity contribution in [3.8, 4) is 5.75 Å². The van der Waals surface area contributed by atoms with Crippen molar-refractivity contribution in [1.29, 1.82) is 0 Å². The number of carbonyl (C=O) groups excluding carboxylic acids is 2. The average molecular weight is 430 g/mol. The fourth-order valence-corrected chi connectivity index (χ4v) is 2.57. The fourth-order valence-electron chi connectivity index (χ4n) is 2.36. The van der Waals surface area contributed by atoms with Gasteiger partial charge in [-0.25, -0.2) is 0 Å². The third kappa shape index (κ3) is 7.81. The van der Waals surface area contributed by atoms with Crippen molar-refractivity contribution in [2.45, 2.75) is 20.8 Å². The first-order chi connectivity index (χ1) is 14.4. The summed E-state index contributed by atoms with van der Waals surface area (Å²) in [6.45, 7) is 7.18. The van der Waals surface area contributed by atoms with Gasteiger partial charge >= 0.3 is 0 Å². The maximum Gasteiger partial charge on any atom is 0.257 e. The second kappa shape index (κ2) is 11.9. The molecule has 3 N–H and O–H groups in total. The van der Waals surface area contributed by atoms with E-state index in [2.05, 4.69) is 16.0 Å². The first kappa shape index (κ1) is 23.3. The van der Waals surface area contributed by atoms with Gasteiger partial charge in [-0.3, -0.25) is 14.9 Å². The van der Waals surface area contributed by atoms with E-state index in [9.17, 15) is 9.59 Å². The maximum atomic E-state index is 12.4. The van der Waals surface area contributed by atoms with Crippen molar-refractivity contribution in [1.82, 2.24) is 5.32 Å². The van der Waals surface area contributed by atoms with Crippen molar-refractivity contribution in [2.24, 2.45) is 5.92 Å². The Morgan fingerprint density at radius 1 is 1.00 bits per heavy atom. The molecule has 0 bridgehead atoms. The number of hydrogen-bond donors (Lipinski definition) is 3. The summed E-state index contributed by atoms with van der Waals surface area (Å²) in [5.41, 5.74) is 1.75. The highest BCUT2D eigenvalue weighted by atomic mass is 32.1. The number of ether oxygens (including phenoxy) is 2. The summed E-state index contributed by atoms with van der Waals surface area (Å²) in [5, 5.41) is 8.56. The predicted octanol–water partition coefficient (Wildman–Crippen LogP) is 3.82. The van der Waals surface area contributed by atoms with Gasteiger partial charge in [0, 0.05) is 29.5 Å². The molecule has 160 valence electrons. The molecule has 7 nitrogen and oxygen atoms in total. The van der Waals surface area contributed by atoms with Gasteiger partial charge in [0.05, 0.1) is 6.61 Å². The molecule has 2 amide bonds. The summed E-state index contributed by atoms with van der Waals surface area (Å²) in [7, 11) is 0. The summed E-state index contributed by atoms with van der Waals surface area (Å²) in [5.74, 6) is 0.127. The van der Waals surface area contributed by atoms with Crippen molar-refractivity contribution in [3.63, 3.8) is 0 Å². The van der Waals surface area contributed by atoms with Gasteiger partial charge < -0.3 is 20.1 Å². The first-order valence-electron chi connectivity index (χ1n) is 9.73. The highest BCUT2D eigenvalue weighted by Gasteiger charge is 2.10. The maximum absolute atomic E-state index is 12.4. The van der Waals surface area contributed by atoms with Gasteiger partial charge in [0.2, 0.25) is 5.91 Å². The lowest BCUT2D eigenvalue weighted by atomic mass is 10.2. The second-order valence-corrected chi connectivity index (χ2v) is 7.11. The Morgan fingerprint density at radius 3 is 2.30 bits per heavy atom. The van der Waals surface area contributed by atoms with Crippen LogP contribution in [0.15, 0.2) is 48.5 Å². The Morgan fingerprint density at radius 2 is 1.67 bits per heavy atom. The smallest absolute Gasteiger partial charge is 0.257 e. The van der Waals surface area contributed by atoms with Crippen molar-refractivity contribution >= 4 is 40.5 Å². The van der Waals surface area contributed by atoms with Crippen molar-refractivity contribution < 1.29 is 19.1 Å². The van der Waals surface area contributed by atoms with Crippen LogP contribution in [-0.2, 0) is 9.53 Å². The van der Waals surface area contributed by atoms with E-state index in [-0.39, 0.29) is 22.8 Å². The molecule has 0 aliphatic rings. The van der Waals surface area contributed by atoms with Crippen LogP contribution in [0, 0.1) is 5.92 Å². The van der Waals surface area contributed by atoms with Gasteiger partial charge in [0.1, 0.15) is 12.4 Å². The molecule has 0 heterocycles. The van der Waals surface area contributed by atoms with Gasteiger partial charge in [-0.05, 0) is 61.6 Å². The van der Waals surface area contributed by atoms with E-state index >= 15 is 0 Å². The minimum absolute atomic E-state index is 0.0756. The van der Waals surface area contributed by atoms with Gasteiger partial charge in [0.15, 0.2) is 5.11 Å². The highest BCUT2D eigenvalue weighted by Crippen LogP contribution is 2.16. The van der Waals surface area contributed by atoms with Gasteiger partial charge in [-0.1, -0.05) is 19.9 Å². The number of hydrogen-bond acceptors (Lipinski definition) is 5. The molecule has 0 aliphatic carbocycles. The molecular weight excluding hydrogens is 402 g/mol. The number of thiocarbonyl (C=S) groups is 1. The molecule has 0 aliphatic heterocycles. The van der Waals surface area contributed by atoms with Crippen LogP contribution in [-0.4, -0.2) is 36.7 Å². The van der Waals surface area contributed by atoms with Crippen LogP contribution in [0.25, 0.3) is 0 Å². The lowest BCUT2D eigenvalue weighted by Crippen LogP contribution is -2.34. The summed E-state index contributed by atoms with van der Waals surface area (Å²) < 4.78 is 10.7. The van der Waals surface area contributed by atoms with E-state index in [1.165, 1.54) is 0 Å². The fraction of sp³-hybridized carbons (Fsp3) is 0.318. The van der Waals surface area contributed by atoms with Crippen LogP contribution in [0.3, 0.4) is 0 Å². The zero-order valence-corrected chi connectivity index (χ0v) is 18.2. The molecule has 0 fully saturated rings. The van der Waals surface area contributed by atoms with Crippen molar-refractivity contribution in [2.75, 3.05) is 30.5 Å². The Balaban J connectivity index is 1.87. The topological polar surface area (TPSA) is 88.7 Å². The minimum atomic E-state index is -0.336. The Hall–Kier alpha value is -2.97. The zero-order valence-electron chi connectivity index (χ0n) is 17.4. The summed E-state index contributed by atoms with van der Waals surface area (Å²) in [6, 6.07) is 13.9. The number of carbonyl (C=O) groups is 2. The number of rotatable bonds is 9. The lowest BCUT2D eigenvalue weighted by Gasteiger charge is -2.12. The predicted molar refractivity (Wildman–Crippen MR) is 122 cm³/mol. The van der Waals surface area contributed by atoms with Crippen LogP contribution >= 0.6 is 12.2 Å². The van der Waals surface area contributed by atoms with Crippen LogP contribution in [0.4, 0.5) is 11.4 Å². The SMILES string of the molecule is CCOCCOc1ccc(C(=O)NC(=S)Nc2cccc(NC(=O)C(C)C)c2)cc1. The number of benzene rings is 2. The zero-order chi connectivity index (χ0) is 21.9. The quantitative estimate of drug-likeness (QED) is 0.415. The van der Waals surface area contributed by atoms with E-state index in [0.29, 0.717) is 42.5 Å². The van der Waals surface area contributed by atoms with Gasteiger partial charge in [-0.2, -0.15) is 0 Å². The van der Waals surface area contributed by atoms with Crippen LogP contribution in [0.5, 0.6) is 5.75 Å². The van der Waals surface area contributed by atoms with E-state index in [1.54, 1.807) is 48.5 Å². The molecule has 30 heavy (non-hydrogen) atoms. The summed E-state index contributed by atoms with van der Waals surface area (Å²) in [4.78, 5) is 24.2. The number of anilines is 2. The molecule has 0 saturated heterocycles. The molecule has 2 aromatic carbocycles. The molecule has 0 atom stereocenters. The molecule has 0 unspecified atom stereocenters. The van der Waals surface area contributed by atoms with Gasteiger partial charge in [0.25, 0.3) is 5.91 Å². The average Bonchev–Trinajstić information content (AvgIpc) is 2.71. The Bertz CT molecular complexity index is 869. The monoisotopic (exact) mass is 429 g/mol. The third-order valence-corrected chi connectivity index (χ3v) is 4.16. The normalized spacial score (nSPS) is 10.4. The van der Waals surface area contributed by atoms with E-state index in [0.717, 1.165) is 0 Å². The van der Waals surface area contributed by atoms with E-state index in [4.69, 9.17) is 21.7 Å². The number of amides is 2. The third-order valence-electron chi connectivity index (χ3n) is 3.96. The minimum Gasteiger partial charge on any atom is -0.491 e. The van der Waals surface area contributed by atoms with Gasteiger partial charge in [-0.15, -0.1) is 0 Å². The second-order valence-electron chi connectivity index (χ2n) is 6.70. The standard InChI is InChI=1S/C22H27N3O4S/c1-4-28-12-13-29-19-10-8-16(9-11-19)21(27)25-22(30)24-18-7-5-6-17(14-18)23-20(26)15(2)3/h5-11,14-15H,4,12-13H2,1-3H3,(H,23,26)(H2,24,25,27,30). The molecule has 8 heteroatoms. The summed E-state index contributed by atoms with van der Waals surface area (Å²) >= 11 is 5.22. The molecule has 0 radical (unpaired) electrons. The lowest BCUT2D eigenvalue weighted by molar-refractivity contribution is -0.118. The summed E-state index contributed by atoms with van der Waals surface area (Å²) in [6.07, 6.45) is 0. The molecule has 2 aromatic rings. The van der Waals surface area contributed by atoms with Crippen LogP contribution in [0.2, 0.25) is 0 Å². The number of nitrogens with one attached hydrogen (secondary N) is 3. The Kier molecular flexibility index (Phi) is 9.24. The first-order valence-corrected chi connectivity index (χ1v) is 10.1. The highest BCUT2D eigenvalue weighted by molar-refractivity contribution is 7.80. The molecule has 2 rings (SSSR count). The van der Waals surface area contributed by atoms with Crippen LogP contribution < -0.4 is 20.7 Å². The molecular formula is C22H27N3O4S. The van der Waals surface area contributed by atoms with E-state index in [1.807, 2.05) is 20.8 Å². The molecule has 0 saturated carbocycles. The molecule has 0 aromatic heterocycles. The Labute approximate surface area is 182 Å². The van der Waals surface area contributed by atoms with Crippen molar-refractivity contribution in [3.05, 3.63) is 54.1 Å². The van der Waals surface area contributed by atoms with E-state index < -0.39 is 0 Å². The molecule has 0 spiro atoms. The largest absolute Gasteiger partial charge is 0.491 e.